The summed E-state index contributed by atoms with van der Waals surface area (Å²) < 4.78 is 10.7. The Morgan fingerprint density at radius 3 is 2.62 bits per heavy atom. The summed E-state index contributed by atoms with van der Waals surface area (Å²) in [5.41, 5.74) is 1.37. The smallest absolute Gasteiger partial charge is 0.229 e. The second kappa shape index (κ2) is 7.91. The number of nitrogens with zero attached hydrogens (tertiary/aromatic N) is 1. The average Bonchev–Trinajstić information content (AvgIpc) is 3.05. The molecule has 1 fully saturated rings. The van der Waals surface area contributed by atoms with E-state index in [1.807, 2.05) is 25.1 Å². The normalized spacial score (nSPS) is 16.5. The SMILES string of the molecule is CCOc1ccc(NC(=O)C2CC(=O)N(c3ccccc3OC)C2)cc1. The summed E-state index contributed by atoms with van der Waals surface area (Å²) in [6, 6.07) is 14.5. The van der Waals surface area contributed by atoms with E-state index in [1.54, 1.807) is 42.3 Å². The Labute approximate surface area is 152 Å². The van der Waals surface area contributed by atoms with Gasteiger partial charge in [-0.1, -0.05) is 12.1 Å². The van der Waals surface area contributed by atoms with E-state index >= 15 is 0 Å². The molecule has 0 aromatic heterocycles. The van der Waals surface area contributed by atoms with Crippen LogP contribution in [-0.2, 0) is 9.59 Å². The lowest BCUT2D eigenvalue weighted by molar-refractivity contribution is -0.122. The number of benzene rings is 2. The van der Waals surface area contributed by atoms with Gasteiger partial charge in [-0.25, -0.2) is 0 Å². The molecule has 26 heavy (non-hydrogen) atoms. The van der Waals surface area contributed by atoms with Crippen LogP contribution in [0.5, 0.6) is 11.5 Å². The van der Waals surface area contributed by atoms with Gasteiger partial charge in [0.15, 0.2) is 0 Å². The standard InChI is InChI=1S/C20H22N2O4/c1-3-26-16-10-8-15(9-11-16)21-20(24)14-12-19(23)22(13-14)17-6-4-5-7-18(17)25-2/h4-11,14H,3,12-13H2,1-2H3,(H,21,24). The van der Waals surface area contributed by atoms with Crippen molar-refractivity contribution in [2.24, 2.45) is 5.92 Å². The van der Waals surface area contributed by atoms with Gasteiger partial charge in [-0.3, -0.25) is 9.59 Å². The summed E-state index contributed by atoms with van der Waals surface area (Å²) in [4.78, 5) is 26.6. The van der Waals surface area contributed by atoms with Crippen molar-refractivity contribution in [2.45, 2.75) is 13.3 Å². The van der Waals surface area contributed by atoms with E-state index in [0.29, 0.717) is 30.3 Å². The van der Waals surface area contributed by atoms with E-state index in [9.17, 15) is 9.59 Å². The van der Waals surface area contributed by atoms with Crippen molar-refractivity contribution in [1.82, 2.24) is 0 Å². The molecule has 6 heteroatoms. The molecule has 1 N–H and O–H groups in total. The van der Waals surface area contributed by atoms with Gasteiger partial charge < -0.3 is 19.7 Å². The topological polar surface area (TPSA) is 67.9 Å². The number of nitrogens with one attached hydrogen (secondary N) is 1. The molecule has 1 aliphatic rings. The van der Waals surface area contributed by atoms with Crippen LogP contribution in [0.1, 0.15) is 13.3 Å². The first-order chi connectivity index (χ1) is 12.6. The molecule has 1 atom stereocenters. The summed E-state index contributed by atoms with van der Waals surface area (Å²) in [7, 11) is 1.56. The van der Waals surface area contributed by atoms with Crippen molar-refractivity contribution in [1.29, 1.82) is 0 Å². The van der Waals surface area contributed by atoms with Crippen LogP contribution >= 0.6 is 0 Å². The Hall–Kier alpha value is -3.02. The number of methoxy groups -OCH3 is 1. The highest BCUT2D eigenvalue weighted by molar-refractivity contribution is 6.04. The van der Waals surface area contributed by atoms with Crippen molar-refractivity contribution in [3.8, 4) is 11.5 Å². The third-order valence-electron chi connectivity index (χ3n) is 4.30. The second-order valence-electron chi connectivity index (χ2n) is 6.02. The first kappa shape index (κ1) is 17.8. The third-order valence-corrected chi connectivity index (χ3v) is 4.30. The van der Waals surface area contributed by atoms with Crippen LogP contribution in [0.3, 0.4) is 0 Å². The van der Waals surface area contributed by atoms with Gasteiger partial charge in [-0.15, -0.1) is 0 Å². The van der Waals surface area contributed by atoms with Crippen LogP contribution in [0.2, 0.25) is 0 Å². The lowest BCUT2D eigenvalue weighted by Gasteiger charge is -2.19. The fourth-order valence-corrected chi connectivity index (χ4v) is 3.01. The molecule has 1 aliphatic heterocycles. The van der Waals surface area contributed by atoms with Crippen molar-refractivity contribution in [2.75, 3.05) is 30.5 Å². The number of hydrogen-bond acceptors (Lipinski definition) is 4. The molecule has 0 aliphatic carbocycles. The minimum atomic E-state index is -0.404. The summed E-state index contributed by atoms with van der Waals surface area (Å²) >= 11 is 0. The fraction of sp³-hybridized carbons (Fsp3) is 0.300. The Morgan fingerprint density at radius 1 is 1.19 bits per heavy atom. The number of rotatable bonds is 6. The van der Waals surface area contributed by atoms with E-state index in [4.69, 9.17) is 9.47 Å². The van der Waals surface area contributed by atoms with Gasteiger partial charge in [0, 0.05) is 18.7 Å². The average molecular weight is 354 g/mol. The molecule has 1 saturated heterocycles. The van der Waals surface area contributed by atoms with Gasteiger partial charge in [0.1, 0.15) is 11.5 Å². The van der Waals surface area contributed by atoms with E-state index in [1.165, 1.54) is 0 Å². The largest absolute Gasteiger partial charge is 0.495 e. The van der Waals surface area contributed by atoms with Gasteiger partial charge >= 0.3 is 0 Å². The Balaban J connectivity index is 1.67. The van der Waals surface area contributed by atoms with Crippen LogP contribution in [-0.4, -0.2) is 32.1 Å². The van der Waals surface area contributed by atoms with Gasteiger partial charge in [0.2, 0.25) is 11.8 Å². The van der Waals surface area contributed by atoms with Gasteiger partial charge in [0.25, 0.3) is 0 Å². The van der Waals surface area contributed by atoms with Crippen molar-refractivity contribution in [3.63, 3.8) is 0 Å². The molecule has 0 saturated carbocycles. The Kier molecular flexibility index (Phi) is 5.41. The maximum absolute atomic E-state index is 12.5. The number of anilines is 2. The summed E-state index contributed by atoms with van der Waals surface area (Å²) in [6.45, 7) is 2.84. The molecular weight excluding hydrogens is 332 g/mol. The summed E-state index contributed by atoms with van der Waals surface area (Å²) in [5.74, 6) is 0.720. The van der Waals surface area contributed by atoms with Gasteiger partial charge in [-0.05, 0) is 43.3 Å². The maximum atomic E-state index is 12.5. The number of carbonyl (C=O) groups is 2. The molecule has 2 aromatic rings. The van der Waals surface area contributed by atoms with Crippen LogP contribution in [0.25, 0.3) is 0 Å². The number of ether oxygens (including phenoxy) is 2. The molecular formula is C20H22N2O4. The molecule has 0 spiro atoms. The second-order valence-corrected chi connectivity index (χ2v) is 6.02. The number of amides is 2. The predicted octanol–water partition coefficient (Wildman–Crippen LogP) is 3.09. The lowest BCUT2D eigenvalue weighted by atomic mass is 10.1. The minimum absolute atomic E-state index is 0.0821. The van der Waals surface area contributed by atoms with Crippen molar-refractivity contribution >= 4 is 23.2 Å². The Morgan fingerprint density at radius 2 is 1.92 bits per heavy atom. The van der Waals surface area contributed by atoms with Crippen molar-refractivity contribution < 1.29 is 19.1 Å². The van der Waals surface area contributed by atoms with E-state index in [0.717, 1.165) is 5.75 Å². The monoisotopic (exact) mass is 354 g/mol. The van der Waals surface area contributed by atoms with Crippen LogP contribution in [0, 0.1) is 5.92 Å². The maximum Gasteiger partial charge on any atom is 0.229 e. The lowest BCUT2D eigenvalue weighted by Crippen LogP contribution is -2.28. The Bertz CT molecular complexity index is 789. The van der Waals surface area contributed by atoms with E-state index in [-0.39, 0.29) is 18.2 Å². The molecule has 136 valence electrons. The fourth-order valence-electron chi connectivity index (χ4n) is 3.01. The molecule has 0 bridgehead atoms. The van der Waals surface area contributed by atoms with E-state index in [2.05, 4.69) is 5.32 Å². The number of carbonyl (C=O) groups excluding carboxylic acids is 2. The first-order valence-electron chi connectivity index (χ1n) is 8.59. The van der Waals surface area contributed by atoms with Gasteiger partial charge in [-0.2, -0.15) is 0 Å². The number of hydrogen-bond donors (Lipinski definition) is 1. The molecule has 2 amide bonds. The molecule has 2 aromatic carbocycles. The van der Waals surface area contributed by atoms with Gasteiger partial charge in [0.05, 0.1) is 25.3 Å². The van der Waals surface area contributed by atoms with Crippen LogP contribution in [0.15, 0.2) is 48.5 Å². The minimum Gasteiger partial charge on any atom is -0.495 e. The van der Waals surface area contributed by atoms with E-state index < -0.39 is 5.92 Å². The van der Waals surface area contributed by atoms with Crippen LogP contribution in [0.4, 0.5) is 11.4 Å². The zero-order valence-electron chi connectivity index (χ0n) is 14.9. The zero-order valence-corrected chi connectivity index (χ0v) is 14.9. The highest BCUT2D eigenvalue weighted by Gasteiger charge is 2.36. The highest BCUT2D eigenvalue weighted by Crippen LogP contribution is 2.33. The highest BCUT2D eigenvalue weighted by atomic mass is 16.5. The molecule has 0 radical (unpaired) electrons. The number of para-hydroxylation sites is 2. The zero-order chi connectivity index (χ0) is 18.5. The molecule has 6 nitrogen and oxygen atoms in total. The summed E-state index contributed by atoms with van der Waals surface area (Å²) in [6.07, 6.45) is 0.181. The molecule has 3 rings (SSSR count). The third kappa shape index (κ3) is 3.79. The predicted molar refractivity (Wildman–Crippen MR) is 99.7 cm³/mol. The summed E-state index contributed by atoms with van der Waals surface area (Å²) in [5, 5.41) is 2.87. The van der Waals surface area contributed by atoms with Crippen molar-refractivity contribution in [3.05, 3.63) is 48.5 Å². The molecule has 1 unspecified atom stereocenters. The first-order valence-corrected chi connectivity index (χ1v) is 8.59. The van der Waals surface area contributed by atoms with Crippen LogP contribution < -0.4 is 19.7 Å². The quantitative estimate of drug-likeness (QED) is 0.866. The molecule has 1 heterocycles.